The van der Waals surface area contributed by atoms with Crippen LogP contribution in [0.1, 0.15) is 23.2 Å². The number of rotatable bonds is 6. The number of carbonyl (C=O) groups excluding carboxylic acids is 1. The number of hydrogen-bond acceptors (Lipinski definition) is 7. The molecule has 1 aliphatic rings. The van der Waals surface area contributed by atoms with E-state index in [0.29, 0.717) is 39.8 Å². The largest absolute Gasteiger partial charge is 0.497 e. The van der Waals surface area contributed by atoms with Crippen molar-refractivity contribution in [3.8, 4) is 5.75 Å². The average molecular weight is 447 g/mol. The fourth-order valence-corrected chi connectivity index (χ4v) is 5.12. The Morgan fingerprint density at radius 3 is 2.83 bits per heavy atom. The molecule has 158 valence electrons. The van der Waals surface area contributed by atoms with Crippen LogP contribution in [0.2, 0.25) is 0 Å². The molecular formula is C21H22N2O5S2. The number of fused-ring (bicyclic) bond motifs is 1. The second-order valence-corrected chi connectivity index (χ2v) is 10.2. The van der Waals surface area contributed by atoms with E-state index in [1.54, 1.807) is 48.4 Å². The van der Waals surface area contributed by atoms with E-state index in [-0.39, 0.29) is 16.9 Å². The lowest BCUT2D eigenvalue weighted by molar-refractivity contribution is 0.0917. The first-order valence-electron chi connectivity index (χ1n) is 9.53. The second kappa shape index (κ2) is 8.33. The first-order valence-corrected chi connectivity index (χ1v) is 12.2. The maximum atomic E-state index is 13.4. The van der Waals surface area contributed by atoms with Crippen LogP contribution in [0.4, 0.5) is 5.13 Å². The Kier molecular flexibility index (Phi) is 5.77. The van der Waals surface area contributed by atoms with Gasteiger partial charge in [0.25, 0.3) is 5.91 Å². The summed E-state index contributed by atoms with van der Waals surface area (Å²) < 4.78 is 35.5. The SMILES string of the molecule is COc1cccc(C(=O)N(CC2CCCO2)c2nc3ccc(S(C)(=O)=O)cc3s2)c1. The zero-order valence-electron chi connectivity index (χ0n) is 16.7. The molecule has 1 aliphatic heterocycles. The lowest BCUT2D eigenvalue weighted by Gasteiger charge is -2.23. The van der Waals surface area contributed by atoms with E-state index < -0.39 is 9.84 Å². The van der Waals surface area contributed by atoms with Crippen molar-refractivity contribution in [2.75, 3.05) is 31.4 Å². The van der Waals surface area contributed by atoms with Crippen LogP contribution in [0, 0.1) is 0 Å². The third-order valence-electron chi connectivity index (χ3n) is 4.98. The second-order valence-electron chi connectivity index (χ2n) is 7.18. The van der Waals surface area contributed by atoms with Gasteiger partial charge < -0.3 is 9.47 Å². The van der Waals surface area contributed by atoms with E-state index in [0.717, 1.165) is 12.8 Å². The Morgan fingerprint density at radius 2 is 2.13 bits per heavy atom. The molecule has 1 amide bonds. The van der Waals surface area contributed by atoms with E-state index in [1.807, 2.05) is 0 Å². The van der Waals surface area contributed by atoms with Gasteiger partial charge in [-0.3, -0.25) is 9.69 Å². The molecule has 0 spiro atoms. The Bertz CT molecular complexity index is 1180. The van der Waals surface area contributed by atoms with Crippen molar-refractivity contribution in [3.05, 3.63) is 48.0 Å². The highest BCUT2D eigenvalue weighted by molar-refractivity contribution is 7.90. The van der Waals surface area contributed by atoms with Crippen LogP contribution in [-0.4, -0.2) is 51.9 Å². The minimum absolute atomic E-state index is 0.0573. The number of hydrogen-bond donors (Lipinski definition) is 0. The number of nitrogens with zero attached hydrogens (tertiary/aromatic N) is 2. The number of thiazole rings is 1. The summed E-state index contributed by atoms with van der Waals surface area (Å²) in [5.74, 6) is 0.395. The summed E-state index contributed by atoms with van der Waals surface area (Å²) in [6.45, 7) is 1.07. The Balaban J connectivity index is 1.74. The number of amides is 1. The topological polar surface area (TPSA) is 85.8 Å². The van der Waals surface area contributed by atoms with Crippen molar-refractivity contribution in [3.63, 3.8) is 0 Å². The van der Waals surface area contributed by atoms with Crippen molar-refractivity contribution >= 4 is 42.4 Å². The smallest absolute Gasteiger partial charge is 0.260 e. The van der Waals surface area contributed by atoms with Gasteiger partial charge in [-0.1, -0.05) is 17.4 Å². The number of benzene rings is 2. The van der Waals surface area contributed by atoms with Gasteiger partial charge in [-0.05, 0) is 49.2 Å². The zero-order chi connectivity index (χ0) is 21.3. The van der Waals surface area contributed by atoms with Crippen LogP contribution in [0.3, 0.4) is 0 Å². The fourth-order valence-electron chi connectivity index (χ4n) is 3.39. The summed E-state index contributed by atoms with van der Waals surface area (Å²) >= 11 is 1.29. The standard InChI is InChI=1S/C21H22N2O5S2/c1-27-15-6-3-5-14(11-15)20(24)23(13-16-7-4-10-28-16)21-22-18-9-8-17(30(2,25)26)12-19(18)29-21/h3,5-6,8-9,11-12,16H,4,7,10,13H2,1-2H3. The maximum Gasteiger partial charge on any atom is 0.260 e. The first-order chi connectivity index (χ1) is 14.3. The average Bonchev–Trinajstić information content (AvgIpc) is 3.39. The van der Waals surface area contributed by atoms with Gasteiger partial charge in [0.15, 0.2) is 15.0 Å². The molecule has 1 saturated heterocycles. The molecule has 0 bridgehead atoms. The van der Waals surface area contributed by atoms with E-state index in [9.17, 15) is 13.2 Å². The normalized spacial score (nSPS) is 16.7. The molecule has 0 N–H and O–H groups in total. The van der Waals surface area contributed by atoms with Crippen LogP contribution in [0.5, 0.6) is 5.75 Å². The lowest BCUT2D eigenvalue weighted by Crippen LogP contribution is -2.37. The maximum absolute atomic E-state index is 13.4. The van der Waals surface area contributed by atoms with Crippen molar-refractivity contribution in [1.82, 2.24) is 4.98 Å². The highest BCUT2D eigenvalue weighted by atomic mass is 32.2. The lowest BCUT2D eigenvalue weighted by atomic mass is 10.1. The van der Waals surface area contributed by atoms with Crippen LogP contribution in [0.25, 0.3) is 10.2 Å². The molecule has 1 aromatic heterocycles. The van der Waals surface area contributed by atoms with Gasteiger partial charge in [-0.2, -0.15) is 0 Å². The van der Waals surface area contributed by atoms with Crippen LogP contribution in [0.15, 0.2) is 47.4 Å². The molecule has 1 fully saturated rings. The molecule has 2 aromatic carbocycles. The van der Waals surface area contributed by atoms with E-state index in [4.69, 9.17) is 9.47 Å². The molecule has 4 rings (SSSR count). The summed E-state index contributed by atoms with van der Waals surface area (Å²) in [4.78, 5) is 19.9. The molecule has 1 atom stereocenters. The molecule has 9 heteroatoms. The van der Waals surface area contributed by atoms with Gasteiger partial charge in [0.2, 0.25) is 0 Å². The van der Waals surface area contributed by atoms with Crippen LogP contribution in [-0.2, 0) is 14.6 Å². The molecule has 0 radical (unpaired) electrons. The highest BCUT2D eigenvalue weighted by Crippen LogP contribution is 2.32. The summed E-state index contributed by atoms with van der Waals surface area (Å²) in [6, 6.07) is 11.8. The Hall–Kier alpha value is -2.49. The van der Waals surface area contributed by atoms with Gasteiger partial charge in [-0.25, -0.2) is 13.4 Å². The number of anilines is 1. The molecule has 0 saturated carbocycles. The van der Waals surface area contributed by atoms with E-state index in [2.05, 4.69) is 4.98 Å². The van der Waals surface area contributed by atoms with Gasteiger partial charge in [0.1, 0.15) is 5.75 Å². The van der Waals surface area contributed by atoms with Crippen molar-refractivity contribution < 1.29 is 22.7 Å². The van der Waals surface area contributed by atoms with Crippen molar-refractivity contribution in [1.29, 1.82) is 0 Å². The van der Waals surface area contributed by atoms with Gasteiger partial charge in [0.05, 0.1) is 34.9 Å². The summed E-state index contributed by atoms with van der Waals surface area (Å²) in [5, 5.41) is 0.513. The number of ether oxygens (including phenoxy) is 2. The zero-order valence-corrected chi connectivity index (χ0v) is 18.3. The number of sulfone groups is 1. The third kappa shape index (κ3) is 4.33. The molecule has 2 heterocycles. The molecule has 7 nitrogen and oxygen atoms in total. The van der Waals surface area contributed by atoms with Crippen molar-refractivity contribution in [2.24, 2.45) is 0 Å². The number of methoxy groups -OCH3 is 1. The third-order valence-corrected chi connectivity index (χ3v) is 7.13. The van der Waals surface area contributed by atoms with Gasteiger partial charge in [-0.15, -0.1) is 0 Å². The minimum Gasteiger partial charge on any atom is -0.497 e. The minimum atomic E-state index is -3.33. The van der Waals surface area contributed by atoms with E-state index in [1.165, 1.54) is 23.7 Å². The predicted molar refractivity (Wildman–Crippen MR) is 116 cm³/mol. The predicted octanol–water partition coefficient (Wildman–Crippen LogP) is 3.53. The Morgan fingerprint density at radius 1 is 1.30 bits per heavy atom. The molecule has 1 unspecified atom stereocenters. The summed E-state index contributed by atoms with van der Waals surface area (Å²) in [6.07, 6.45) is 2.96. The Labute approximate surface area is 179 Å². The van der Waals surface area contributed by atoms with E-state index >= 15 is 0 Å². The molecule has 30 heavy (non-hydrogen) atoms. The fraction of sp³-hybridized carbons (Fsp3) is 0.333. The van der Waals surface area contributed by atoms with Crippen LogP contribution < -0.4 is 9.64 Å². The molecule has 3 aromatic rings. The number of aromatic nitrogens is 1. The quantitative estimate of drug-likeness (QED) is 0.576. The van der Waals surface area contributed by atoms with Gasteiger partial charge >= 0.3 is 0 Å². The molecular weight excluding hydrogens is 424 g/mol. The summed E-state index contributed by atoms with van der Waals surface area (Å²) in [7, 11) is -1.77. The number of carbonyl (C=O) groups is 1. The monoisotopic (exact) mass is 446 g/mol. The molecule has 0 aliphatic carbocycles. The van der Waals surface area contributed by atoms with Crippen LogP contribution >= 0.6 is 11.3 Å². The summed E-state index contributed by atoms with van der Waals surface area (Å²) in [5.41, 5.74) is 1.14. The highest BCUT2D eigenvalue weighted by Gasteiger charge is 2.27. The van der Waals surface area contributed by atoms with Gasteiger partial charge in [0, 0.05) is 18.4 Å². The van der Waals surface area contributed by atoms with Crippen molar-refractivity contribution in [2.45, 2.75) is 23.8 Å². The first kappa shape index (κ1) is 20.8.